The fourth-order valence-electron chi connectivity index (χ4n) is 2.61. The first-order chi connectivity index (χ1) is 14.5. The van der Waals surface area contributed by atoms with Crippen molar-refractivity contribution in [3.05, 3.63) is 68.2 Å². The van der Waals surface area contributed by atoms with E-state index < -0.39 is 32.6 Å². The van der Waals surface area contributed by atoms with Crippen LogP contribution in [0.4, 0.5) is 16.2 Å². The van der Waals surface area contributed by atoms with Gasteiger partial charge in [-0.1, -0.05) is 11.6 Å². The molecule has 0 aliphatic rings. The molecule has 2 aromatic rings. The number of nitro benzene ring substituents is 1. The SMILES string of the molecule is CCS(=O)(=O)N(C(N)=O)c1cc(Cl)cc(C(=O)NCc2ccc(C#N)cc2[N+](=O)[O-])c1. The molecule has 0 saturated heterocycles. The number of hydrogen-bond donors (Lipinski definition) is 2. The van der Waals surface area contributed by atoms with E-state index in [9.17, 15) is 28.1 Å². The second kappa shape index (κ2) is 9.41. The van der Waals surface area contributed by atoms with Crippen LogP contribution in [0.5, 0.6) is 0 Å². The average Bonchev–Trinajstić information content (AvgIpc) is 2.70. The summed E-state index contributed by atoms with van der Waals surface area (Å²) in [5, 5.41) is 22.5. The summed E-state index contributed by atoms with van der Waals surface area (Å²) >= 11 is 5.98. The number of amides is 3. The molecule has 0 heterocycles. The van der Waals surface area contributed by atoms with Crippen molar-refractivity contribution in [2.75, 3.05) is 10.1 Å². The van der Waals surface area contributed by atoms with Gasteiger partial charge >= 0.3 is 6.03 Å². The van der Waals surface area contributed by atoms with Gasteiger partial charge in [-0.15, -0.1) is 0 Å². The normalized spacial score (nSPS) is 10.7. The summed E-state index contributed by atoms with van der Waals surface area (Å²) in [4.78, 5) is 34.8. The Labute approximate surface area is 182 Å². The second-order valence-corrected chi connectivity index (χ2v) is 8.64. The van der Waals surface area contributed by atoms with Crippen LogP contribution < -0.4 is 15.4 Å². The molecule has 0 unspecified atom stereocenters. The molecule has 3 N–H and O–H groups in total. The molecule has 162 valence electrons. The largest absolute Gasteiger partial charge is 0.350 e. The van der Waals surface area contributed by atoms with Gasteiger partial charge in [-0.05, 0) is 37.3 Å². The minimum atomic E-state index is -4.08. The highest BCUT2D eigenvalue weighted by atomic mass is 35.5. The van der Waals surface area contributed by atoms with Crippen molar-refractivity contribution in [1.29, 1.82) is 5.26 Å². The standard InChI is InChI=1S/C18H16ClN5O6S/c1-2-31(29,30)23(18(21)26)15-7-13(6-14(19)8-15)17(25)22-10-12-4-3-11(9-20)5-16(12)24(27)28/h3-8H,2,10H2,1H3,(H2,21,26)(H,22,25). The maximum absolute atomic E-state index is 12.6. The van der Waals surface area contributed by atoms with Gasteiger partial charge in [0.2, 0.25) is 10.0 Å². The van der Waals surface area contributed by atoms with Crippen molar-refractivity contribution in [3.8, 4) is 6.07 Å². The number of benzene rings is 2. The van der Waals surface area contributed by atoms with Gasteiger partial charge in [-0.2, -0.15) is 9.57 Å². The van der Waals surface area contributed by atoms with E-state index in [-0.39, 0.29) is 39.6 Å². The number of primary amides is 1. The maximum atomic E-state index is 12.6. The Morgan fingerprint density at radius 3 is 2.52 bits per heavy atom. The Morgan fingerprint density at radius 1 is 1.29 bits per heavy atom. The number of anilines is 1. The van der Waals surface area contributed by atoms with Crippen molar-refractivity contribution in [3.63, 3.8) is 0 Å². The molecule has 0 atom stereocenters. The predicted molar refractivity (Wildman–Crippen MR) is 112 cm³/mol. The molecular weight excluding hydrogens is 450 g/mol. The predicted octanol–water partition coefficient (Wildman–Crippen LogP) is 2.28. The summed E-state index contributed by atoms with van der Waals surface area (Å²) in [6.07, 6.45) is 0. The molecule has 0 aliphatic carbocycles. The van der Waals surface area contributed by atoms with Gasteiger partial charge in [-0.25, -0.2) is 13.2 Å². The Balaban J connectivity index is 2.35. The zero-order valence-electron chi connectivity index (χ0n) is 16.0. The average molecular weight is 466 g/mol. The van der Waals surface area contributed by atoms with Crippen molar-refractivity contribution in [2.24, 2.45) is 5.73 Å². The Hall–Kier alpha value is -3.69. The lowest BCUT2D eigenvalue weighted by atomic mass is 10.1. The van der Waals surface area contributed by atoms with Gasteiger partial charge in [-0.3, -0.25) is 14.9 Å². The number of hydrogen-bond acceptors (Lipinski definition) is 7. The van der Waals surface area contributed by atoms with Crippen molar-refractivity contribution in [2.45, 2.75) is 13.5 Å². The number of carbonyl (C=O) groups is 2. The molecule has 0 radical (unpaired) electrons. The molecule has 0 bridgehead atoms. The number of carbonyl (C=O) groups excluding carboxylic acids is 2. The molecule has 11 nitrogen and oxygen atoms in total. The van der Waals surface area contributed by atoms with Crippen LogP contribution in [-0.4, -0.2) is 31.0 Å². The summed E-state index contributed by atoms with van der Waals surface area (Å²) in [7, 11) is -4.08. The molecule has 2 rings (SSSR count). The number of nitrogens with two attached hydrogens (primary N) is 1. The third kappa shape index (κ3) is 5.47. The minimum Gasteiger partial charge on any atom is -0.350 e. The molecule has 0 aromatic heterocycles. The highest BCUT2D eigenvalue weighted by Gasteiger charge is 2.27. The third-order valence-corrected chi connectivity index (χ3v) is 5.97. The van der Waals surface area contributed by atoms with E-state index in [0.717, 1.165) is 18.2 Å². The molecule has 13 heteroatoms. The van der Waals surface area contributed by atoms with Crippen LogP contribution in [0.25, 0.3) is 0 Å². The zero-order chi connectivity index (χ0) is 23.3. The van der Waals surface area contributed by atoms with Gasteiger partial charge < -0.3 is 11.1 Å². The summed E-state index contributed by atoms with van der Waals surface area (Å²) in [6, 6.07) is 7.79. The minimum absolute atomic E-state index is 0.0374. The van der Waals surface area contributed by atoms with Crippen molar-refractivity contribution in [1.82, 2.24) is 5.32 Å². The van der Waals surface area contributed by atoms with Crippen LogP contribution in [0.3, 0.4) is 0 Å². The number of nitrogens with one attached hydrogen (secondary N) is 1. The highest BCUT2D eigenvalue weighted by Crippen LogP contribution is 2.26. The molecule has 0 fully saturated rings. The number of nitriles is 1. The number of sulfonamides is 1. The number of rotatable bonds is 7. The molecular formula is C18H16ClN5O6S. The lowest BCUT2D eigenvalue weighted by molar-refractivity contribution is -0.385. The van der Waals surface area contributed by atoms with Crippen LogP contribution in [-0.2, 0) is 16.6 Å². The van der Waals surface area contributed by atoms with Gasteiger partial charge in [0.15, 0.2) is 0 Å². The van der Waals surface area contributed by atoms with E-state index in [2.05, 4.69) is 5.32 Å². The molecule has 0 saturated carbocycles. The first kappa shape index (κ1) is 23.6. The van der Waals surface area contributed by atoms with Crippen LogP contribution in [0.15, 0.2) is 36.4 Å². The summed E-state index contributed by atoms with van der Waals surface area (Å²) < 4.78 is 24.7. The van der Waals surface area contributed by atoms with Gasteiger partial charge in [0, 0.05) is 28.8 Å². The molecule has 2 aromatic carbocycles. The van der Waals surface area contributed by atoms with Gasteiger partial charge in [0.05, 0.1) is 28.0 Å². The van der Waals surface area contributed by atoms with Crippen LogP contribution in [0, 0.1) is 21.4 Å². The Morgan fingerprint density at radius 2 is 1.97 bits per heavy atom. The van der Waals surface area contributed by atoms with E-state index in [1.54, 1.807) is 6.07 Å². The van der Waals surface area contributed by atoms with E-state index in [1.165, 1.54) is 25.1 Å². The smallest absolute Gasteiger partial charge is 0.333 e. The lowest BCUT2D eigenvalue weighted by Crippen LogP contribution is -2.41. The van der Waals surface area contributed by atoms with E-state index >= 15 is 0 Å². The number of halogens is 1. The Bertz CT molecular complexity index is 1210. The van der Waals surface area contributed by atoms with E-state index in [4.69, 9.17) is 22.6 Å². The van der Waals surface area contributed by atoms with Crippen molar-refractivity contribution < 1.29 is 22.9 Å². The lowest BCUT2D eigenvalue weighted by Gasteiger charge is -2.20. The van der Waals surface area contributed by atoms with E-state index in [0.29, 0.717) is 4.31 Å². The van der Waals surface area contributed by atoms with Crippen LogP contribution >= 0.6 is 11.6 Å². The molecule has 0 aliphatic heterocycles. The highest BCUT2D eigenvalue weighted by molar-refractivity contribution is 7.93. The van der Waals surface area contributed by atoms with Gasteiger partial charge in [0.25, 0.3) is 11.6 Å². The quantitative estimate of drug-likeness (QED) is 0.465. The van der Waals surface area contributed by atoms with Crippen LogP contribution in [0.2, 0.25) is 5.02 Å². The van der Waals surface area contributed by atoms with Gasteiger partial charge in [0.1, 0.15) is 0 Å². The molecule has 0 spiro atoms. The second-order valence-electron chi connectivity index (χ2n) is 6.10. The first-order valence-corrected chi connectivity index (χ1v) is 10.6. The number of urea groups is 1. The monoisotopic (exact) mass is 465 g/mol. The number of nitrogens with zero attached hydrogens (tertiary/aromatic N) is 3. The van der Waals surface area contributed by atoms with Crippen LogP contribution in [0.1, 0.15) is 28.4 Å². The molecule has 31 heavy (non-hydrogen) atoms. The number of nitro groups is 1. The summed E-state index contributed by atoms with van der Waals surface area (Å²) in [5.41, 5.74) is 4.75. The summed E-state index contributed by atoms with van der Waals surface area (Å²) in [5.74, 6) is -1.16. The fraction of sp³-hybridized carbons (Fsp3) is 0.167. The van der Waals surface area contributed by atoms with Crippen molar-refractivity contribution >= 4 is 44.9 Å². The zero-order valence-corrected chi connectivity index (χ0v) is 17.6. The first-order valence-electron chi connectivity index (χ1n) is 8.58. The van der Waals surface area contributed by atoms with E-state index in [1.807, 2.05) is 0 Å². The molecule has 3 amide bonds. The summed E-state index contributed by atoms with van der Waals surface area (Å²) in [6.45, 7) is 1.06. The topological polar surface area (TPSA) is 176 Å². The third-order valence-electron chi connectivity index (χ3n) is 4.07. The fourth-order valence-corrected chi connectivity index (χ4v) is 3.80. The Kier molecular flexibility index (Phi) is 7.16. The maximum Gasteiger partial charge on any atom is 0.333 e.